The number of methoxy groups -OCH3 is 1. The molecule has 0 saturated carbocycles. The molecule has 1 amide bonds. The van der Waals surface area contributed by atoms with Crippen LogP contribution in [0.2, 0.25) is 0 Å². The first kappa shape index (κ1) is 18.2. The van der Waals surface area contributed by atoms with E-state index >= 15 is 0 Å². The van der Waals surface area contributed by atoms with Gasteiger partial charge in [-0.25, -0.2) is 0 Å². The van der Waals surface area contributed by atoms with Crippen LogP contribution in [0.3, 0.4) is 0 Å². The van der Waals surface area contributed by atoms with E-state index in [0.29, 0.717) is 17.9 Å². The lowest BCUT2D eigenvalue weighted by Crippen LogP contribution is -3.28. The number of benzene rings is 1. The smallest absolute Gasteiger partial charge is 0.271 e. The van der Waals surface area contributed by atoms with Gasteiger partial charge in [-0.2, -0.15) is 0 Å². The first-order chi connectivity index (χ1) is 11.5. The molecule has 0 radical (unpaired) electrons. The highest BCUT2D eigenvalue weighted by atomic mass is 16.6. The highest BCUT2D eigenvalue weighted by molar-refractivity contribution is 5.92. The lowest BCUT2D eigenvalue weighted by Gasteiger charge is -2.28. The standard InChI is InChI=1S/C16H24N4O4/c1-3-18-8-10-19(11-9-18)7-6-16(21)17-14-12-13(20(22)23)4-5-15(14)24-2/h4-5,12H,3,6-11H2,1-2H3,(H,17,21)/p+2. The van der Waals surface area contributed by atoms with Gasteiger partial charge in [-0.3, -0.25) is 14.9 Å². The molecule has 1 fully saturated rings. The fourth-order valence-electron chi connectivity index (χ4n) is 2.97. The van der Waals surface area contributed by atoms with Gasteiger partial charge in [0.1, 0.15) is 31.9 Å². The van der Waals surface area contributed by atoms with Crippen LogP contribution in [0.15, 0.2) is 18.2 Å². The van der Waals surface area contributed by atoms with Crippen LogP contribution in [0.1, 0.15) is 13.3 Å². The van der Waals surface area contributed by atoms with Gasteiger partial charge in [-0.15, -0.1) is 0 Å². The van der Waals surface area contributed by atoms with Crippen LogP contribution in [0.5, 0.6) is 5.75 Å². The SMILES string of the molecule is CC[NH+]1CC[NH+](CCC(=O)Nc2cc([N+](=O)[O-])ccc2OC)CC1. The molecule has 1 heterocycles. The van der Waals surface area contributed by atoms with Gasteiger partial charge in [0.15, 0.2) is 0 Å². The highest BCUT2D eigenvalue weighted by Crippen LogP contribution is 2.28. The molecule has 2 rings (SSSR count). The van der Waals surface area contributed by atoms with Gasteiger partial charge in [-0.1, -0.05) is 0 Å². The normalized spacial score (nSPS) is 20.4. The fourth-order valence-corrected chi connectivity index (χ4v) is 2.97. The summed E-state index contributed by atoms with van der Waals surface area (Å²) >= 11 is 0. The van der Waals surface area contributed by atoms with Crippen LogP contribution < -0.4 is 19.9 Å². The van der Waals surface area contributed by atoms with Crippen molar-refractivity contribution in [2.45, 2.75) is 13.3 Å². The molecule has 0 bridgehead atoms. The number of nitro benzene ring substituents is 1. The Labute approximate surface area is 141 Å². The van der Waals surface area contributed by atoms with E-state index < -0.39 is 4.92 Å². The summed E-state index contributed by atoms with van der Waals surface area (Å²) in [5.41, 5.74) is 0.266. The largest absolute Gasteiger partial charge is 0.495 e. The summed E-state index contributed by atoms with van der Waals surface area (Å²) in [4.78, 5) is 25.6. The molecular formula is C16H26N4O4+2. The number of likely N-dealkylation sites (N-methyl/N-ethyl adjacent to an activating group) is 1. The van der Waals surface area contributed by atoms with Crippen molar-refractivity contribution in [2.24, 2.45) is 0 Å². The molecule has 8 nitrogen and oxygen atoms in total. The number of rotatable bonds is 7. The molecule has 0 atom stereocenters. The molecule has 0 aliphatic carbocycles. The third-order valence-corrected chi connectivity index (χ3v) is 4.54. The van der Waals surface area contributed by atoms with E-state index in [4.69, 9.17) is 4.74 Å². The number of hydrogen-bond donors (Lipinski definition) is 3. The van der Waals surface area contributed by atoms with Crippen molar-refractivity contribution in [1.29, 1.82) is 0 Å². The zero-order valence-electron chi connectivity index (χ0n) is 14.3. The van der Waals surface area contributed by atoms with Crippen molar-refractivity contribution in [3.63, 3.8) is 0 Å². The summed E-state index contributed by atoms with van der Waals surface area (Å²) in [5.74, 6) is 0.271. The maximum absolute atomic E-state index is 12.2. The highest BCUT2D eigenvalue weighted by Gasteiger charge is 2.22. The second-order valence-corrected chi connectivity index (χ2v) is 6.04. The van der Waals surface area contributed by atoms with E-state index in [1.807, 2.05) is 0 Å². The van der Waals surface area contributed by atoms with Crippen LogP contribution >= 0.6 is 0 Å². The van der Waals surface area contributed by atoms with Crippen LogP contribution in [-0.2, 0) is 4.79 Å². The van der Waals surface area contributed by atoms with Crippen LogP contribution in [0.25, 0.3) is 0 Å². The lowest BCUT2D eigenvalue weighted by atomic mass is 10.2. The Hall–Kier alpha value is -2.19. The molecule has 3 N–H and O–H groups in total. The number of ether oxygens (including phenoxy) is 1. The predicted molar refractivity (Wildman–Crippen MR) is 89.7 cm³/mol. The lowest BCUT2D eigenvalue weighted by molar-refractivity contribution is -1.01. The number of nitrogens with zero attached hydrogens (tertiary/aromatic N) is 1. The summed E-state index contributed by atoms with van der Waals surface area (Å²) in [5, 5.41) is 13.6. The van der Waals surface area contributed by atoms with E-state index in [-0.39, 0.29) is 11.6 Å². The zero-order chi connectivity index (χ0) is 17.5. The Kier molecular flexibility index (Phi) is 6.51. The first-order valence-electron chi connectivity index (χ1n) is 8.33. The minimum atomic E-state index is -0.491. The maximum Gasteiger partial charge on any atom is 0.271 e. The van der Waals surface area contributed by atoms with E-state index in [0.717, 1.165) is 39.3 Å². The minimum Gasteiger partial charge on any atom is -0.495 e. The summed E-state index contributed by atoms with van der Waals surface area (Å²) < 4.78 is 5.15. The molecule has 24 heavy (non-hydrogen) atoms. The van der Waals surface area contributed by atoms with Crippen molar-refractivity contribution < 1.29 is 24.3 Å². The maximum atomic E-state index is 12.2. The van der Waals surface area contributed by atoms with Gasteiger partial charge in [0.05, 0.1) is 37.2 Å². The van der Waals surface area contributed by atoms with Gasteiger partial charge in [0.25, 0.3) is 5.69 Å². The molecule has 0 spiro atoms. The first-order valence-corrected chi connectivity index (χ1v) is 8.33. The van der Waals surface area contributed by atoms with Crippen LogP contribution in [0.4, 0.5) is 11.4 Å². The number of anilines is 1. The Balaban J connectivity index is 1.88. The molecule has 1 saturated heterocycles. The number of nitrogens with one attached hydrogen (secondary N) is 3. The molecule has 1 aliphatic rings. The summed E-state index contributed by atoms with van der Waals surface area (Å²) in [7, 11) is 1.47. The van der Waals surface area contributed by atoms with E-state index in [9.17, 15) is 14.9 Å². The number of amides is 1. The van der Waals surface area contributed by atoms with E-state index in [1.165, 1.54) is 30.2 Å². The molecule has 1 aromatic carbocycles. The number of carbonyl (C=O) groups is 1. The topological polar surface area (TPSA) is 90.4 Å². The Morgan fingerprint density at radius 1 is 1.29 bits per heavy atom. The monoisotopic (exact) mass is 338 g/mol. The molecule has 0 unspecified atom stereocenters. The van der Waals surface area contributed by atoms with Crippen molar-refractivity contribution >= 4 is 17.3 Å². The van der Waals surface area contributed by atoms with Crippen LogP contribution in [0, 0.1) is 10.1 Å². The molecule has 8 heteroatoms. The quantitative estimate of drug-likeness (QED) is 0.427. The third kappa shape index (κ3) is 4.90. The number of non-ortho nitro benzene ring substituents is 1. The Bertz CT molecular complexity index is 585. The summed E-state index contributed by atoms with van der Waals surface area (Å²) in [6, 6.07) is 4.17. The second-order valence-electron chi connectivity index (χ2n) is 6.04. The Morgan fingerprint density at radius 2 is 1.96 bits per heavy atom. The average molecular weight is 338 g/mol. The van der Waals surface area contributed by atoms with Crippen molar-refractivity contribution in [2.75, 3.05) is 51.7 Å². The third-order valence-electron chi connectivity index (χ3n) is 4.54. The summed E-state index contributed by atoms with van der Waals surface area (Å²) in [6.07, 6.45) is 0.392. The number of quaternary nitrogens is 2. The van der Waals surface area contributed by atoms with Gasteiger partial charge >= 0.3 is 0 Å². The van der Waals surface area contributed by atoms with Gasteiger partial charge in [0, 0.05) is 12.1 Å². The van der Waals surface area contributed by atoms with Gasteiger partial charge in [-0.05, 0) is 13.0 Å². The van der Waals surface area contributed by atoms with Crippen molar-refractivity contribution in [1.82, 2.24) is 0 Å². The number of hydrogen-bond acceptors (Lipinski definition) is 4. The van der Waals surface area contributed by atoms with Gasteiger partial charge < -0.3 is 19.9 Å². The number of nitro groups is 1. The number of piperazine rings is 1. The fraction of sp³-hybridized carbons (Fsp3) is 0.562. The van der Waals surface area contributed by atoms with Crippen molar-refractivity contribution in [3.8, 4) is 5.75 Å². The predicted octanol–water partition coefficient (Wildman–Crippen LogP) is -1.26. The molecule has 132 valence electrons. The Morgan fingerprint density at radius 3 is 2.54 bits per heavy atom. The molecular weight excluding hydrogens is 312 g/mol. The van der Waals surface area contributed by atoms with Crippen molar-refractivity contribution in [3.05, 3.63) is 28.3 Å². The average Bonchev–Trinajstić information content (AvgIpc) is 2.60. The summed E-state index contributed by atoms with van der Waals surface area (Å²) in [6.45, 7) is 8.58. The molecule has 1 aromatic rings. The number of carbonyl (C=O) groups excluding carboxylic acids is 1. The van der Waals surface area contributed by atoms with Crippen LogP contribution in [-0.4, -0.2) is 57.2 Å². The second kappa shape index (κ2) is 8.60. The van der Waals surface area contributed by atoms with E-state index in [1.54, 1.807) is 4.90 Å². The van der Waals surface area contributed by atoms with Gasteiger partial charge in [0.2, 0.25) is 5.91 Å². The minimum absolute atomic E-state index is 0.0737. The molecule has 1 aliphatic heterocycles. The van der Waals surface area contributed by atoms with E-state index in [2.05, 4.69) is 12.2 Å². The molecule has 0 aromatic heterocycles. The zero-order valence-corrected chi connectivity index (χ0v) is 14.3.